The summed E-state index contributed by atoms with van der Waals surface area (Å²) in [5.74, 6) is 0.608. The van der Waals surface area contributed by atoms with Gasteiger partial charge in [0.15, 0.2) is 0 Å². The van der Waals surface area contributed by atoms with Gasteiger partial charge in [0.1, 0.15) is 0 Å². The zero-order chi connectivity index (χ0) is 25.0. The van der Waals surface area contributed by atoms with Gasteiger partial charge in [-0.15, -0.1) is 0 Å². The lowest BCUT2D eigenvalue weighted by Gasteiger charge is -2.32. The molecule has 0 amide bonds. The zero-order valence-corrected chi connectivity index (χ0v) is 24.0. The van der Waals surface area contributed by atoms with Gasteiger partial charge >= 0.3 is 7.12 Å². The van der Waals surface area contributed by atoms with Crippen molar-refractivity contribution in [1.29, 1.82) is 0 Å². The number of hydrogen-bond donors (Lipinski definition) is 0. The van der Waals surface area contributed by atoms with Gasteiger partial charge in [-0.1, -0.05) is 66.4 Å². The topological polar surface area (TPSA) is 31.4 Å². The van der Waals surface area contributed by atoms with E-state index in [1.807, 2.05) is 0 Å². The molecule has 0 unspecified atom stereocenters. The molecule has 0 N–H and O–H groups in total. The molecule has 2 aromatic rings. The monoisotopic (exact) mass is 465 g/mol. The molecule has 0 atom stereocenters. The van der Waals surface area contributed by atoms with Crippen molar-refractivity contribution in [3.8, 4) is 11.3 Å². The van der Waals surface area contributed by atoms with Crippen molar-refractivity contribution in [1.82, 2.24) is 4.98 Å². The van der Waals surface area contributed by atoms with E-state index in [4.69, 9.17) is 14.3 Å². The highest BCUT2D eigenvalue weighted by Gasteiger charge is 2.51. The molecule has 0 bridgehead atoms. The van der Waals surface area contributed by atoms with Crippen LogP contribution in [0.3, 0.4) is 0 Å². The fourth-order valence-electron chi connectivity index (χ4n) is 4.29. The van der Waals surface area contributed by atoms with E-state index >= 15 is 0 Å². The van der Waals surface area contributed by atoms with Gasteiger partial charge in [-0.25, -0.2) is 0 Å². The highest BCUT2D eigenvalue weighted by Crippen LogP contribution is 2.37. The minimum Gasteiger partial charge on any atom is -0.399 e. The molecule has 0 aliphatic carbocycles. The molecule has 0 saturated carbocycles. The number of hydrogen-bond acceptors (Lipinski definition) is 3. The standard InChI is InChI=1S/C28H44BNO2Si/c1-19(2)13-21-16-24(30-18-25(21)33(10,11)12)20-14-22(26(3,4)5)17-23(15-20)29-31-27(6,7)28(8,9)32-29/h14-19H,13H2,1-12H3. The molecule has 3 rings (SSSR count). The van der Waals surface area contributed by atoms with Crippen LogP contribution in [0.1, 0.15) is 73.4 Å². The van der Waals surface area contributed by atoms with Crippen LogP contribution in [-0.2, 0) is 21.1 Å². The molecule has 0 radical (unpaired) electrons. The summed E-state index contributed by atoms with van der Waals surface area (Å²) in [5.41, 5.74) is 5.24. The minimum absolute atomic E-state index is 0.00737. The summed E-state index contributed by atoms with van der Waals surface area (Å²) in [4.78, 5) is 4.98. The van der Waals surface area contributed by atoms with E-state index in [0.29, 0.717) is 5.92 Å². The Bertz CT molecular complexity index is 1000. The van der Waals surface area contributed by atoms with Crippen LogP contribution in [0.25, 0.3) is 11.3 Å². The average molecular weight is 466 g/mol. The molecule has 1 aliphatic rings. The van der Waals surface area contributed by atoms with E-state index in [2.05, 4.69) is 112 Å². The molecule has 33 heavy (non-hydrogen) atoms. The molecule has 1 aromatic carbocycles. The van der Waals surface area contributed by atoms with Gasteiger partial charge in [-0.3, -0.25) is 4.98 Å². The van der Waals surface area contributed by atoms with Crippen molar-refractivity contribution in [2.45, 2.75) is 105 Å². The lowest BCUT2D eigenvalue weighted by Crippen LogP contribution is -2.41. The molecule has 2 heterocycles. The molecular formula is C28H44BNO2Si. The lowest BCUT2D eigenvalue weighted by molar-refractivity contribution is 0.00578. The second-order valence-corrected chi connectivity index (χ2v) is 18.3. The summed E-state index contributed by atoms with van der Waals surface area (Å²) in [5, 5.41) is 1.47. The van der Waals surface area contributed by atoms with Gasteiger partial charge < -0.3 is 9.31 Å². The van der Waals surface area contributed by atoms with Crippen LogP contribution < -0.4 is 10.6 Å². The molecule has 1 aromatic heterocycles. The van der Waals surface area contributed by atoms with Crippen molar-refractivity contribution in [2.75, 3.05) is 0 Å². The fourth-order valence-corrected chi connectivity index (χ4v) is 5.88. The number of aromatic nitrogens is 1. The Morgan fingerprint density at radius 2 is 1.52 bits per heavy atom. The summed E-state index contributed by atoms with van der Waals surface area (Å²) in [6.45, 7) is 27.0. The lowest BCUT2D eigenvalue weighted by atomic mass is 9.74. The van der Waals surface area contributed by atoms with Crippen LogP contribution >= 0.6 is 0 Å². The van der Waals surface area contributed by atoms with E-state index in [-0.39, 0.29) is 23.7 Å². The molecule has 3 nitrogen and oxygen atoms in total. The van der Waals surface area contributed by atoms with E-state index in [9.17, 15) is 0 Å². The van der Waals surface area contributed by atoms with Gasteiger partial charge in [-0.05, 0) is 79.4 Å². The van der Waals surface area contributed by atoms with Gasteiger partial charge in [0.05, 0.1) is 25.0 Å². The first-order valence-electron chi connectivity index (χ1n) is 12.4. The molecule has 1 aliphatic heterocycles. The first kappa shape index (κ1) is 26.2. The van der Waals surface area contributed by atoms with Gasteiger partial charge in [0.2, 0.25) is 0 Å². The Labute approximate surface area is 203 Å². The summed E-state index contributed by atoms with van der Waals surface area (Å²) in [7, 11) is -1.86. The summed E-state index contributed by atoms with van der Waals surface area (Å²) in [6.07, 6.45) is 3.23. The third kappa shape index (κ3) is 5.63. The second kappa shape index (κ2) is 8.66. The normalized spacial score (nSPS) is 18.3. The fraction of sp³-hybridized carbons (Fsp3) is 0.607. The number of rotatable bonds is 5. The van der Waals surface area contributed by atoms with Gasteiger partial charge in [-0.2, -0.15) is 0 Å². The van der Waals surface area contributed by atoms with Crippen LogP contribution in [0, 0.1) is 5.92 Å². The van der Waals surface area contributed by atoms with Crippen molar-refractivity contribution in [3.05, 3.63) is 41.6 Å². The highest BCUT2D eigenvalue weighted by atomic mass is 28.3. The van der Waals surface area contributed by atoms with Crippen LogP contribution in [0.5, 0.6) is 0 Å². The Morgan fingerprint density at radius 1 is 0.939 bits per heavy atom. The third-order valence-corrected chi connectivity index (χ3v) is 9.13. The first-order valence-corrected chi connectivity index (χ1v) is 15.9. The maximum absolute atomic E-state index is 6.41. The third-order valence-electron chi connectivity index (χ3n) is 7.07. The van der Waals surface area contributed by atoms with Crippen molar-refractivity contribution in [3.63, 3.8) is 0 Å². The predicted octanol–water partition coefficient (Wildman–Crippen LogP) is 6.09. The number of benzene rings is 1. The molecule has 1 fully saturated rings. The van der Waals surface area contributed by atoms with Crippen LogP contribution in [0.15, 0.2) is 30.5 Å². The maximum Gasteiger partial charge on any atom is 0.494 e. The Balaban J connectivity index is 2.14. The van der Waals surface area contributed by atoms with E-state index in [1.165, 1.54) is 16.3 Å². The van der Waals surface area contributed by atoms with E-state index < -0.39 is 8.07 Å². The van der Waals surface area contributed by atoms with Gasteiger partial charge in [0.25, 0.3) is 0 Å². The Morgan fingerprint density at radius 3 is 2.00 bits per heavy atom. The second-order valence-electron chi connectivity index (χ2n) is 13.3. The van der Waals surface area contributed by atoms with Crippen LogP contribution in [0.2, 0.25) is 19.6 Å². The number of pyridine rings is 1. The maximum atomic E-state index is 6.41. The van der Waals surface area contributed by atoms with Crippen molar-refractivity contribution < 1.29 is 9.31 Å². The zero-order valence-electron chi connectivity index (χ0n) is 23.0. The summed E-state index contributed by atoms with van der Waals surface area (Å²) < 4.78 is 12.8. The molecule has 5 heteroatoms. The van der Waals surface area contributed by atoms with Gasteiger partial charge in [0, 0.05) is 11.8 Å². The molecular weight excluding hydrogens is 421 g/mol. The molecule has 0 spiro atoms. The predicted molar refractivity (Wildman–Crippen MR) is 146 cm³/mol. The van der Waals surface area contributed by atoms with Crippen molar-refractivity contribution >= 4 is 25.8 Å². The quantitative estimate of drug-likeness (QED) is 0.501. The summed E-state index contributed by atoms with van der Waals surface area (Å²) >= 11 is 0. The Hall–Kier alpha value is -1.43. The minimum atomic E-state index is -1.48. The Kier molecular flexibility index (Phi) is 6.87. The highest BCUT2D eigenvalue weighted by molar-refractivity contribution is 6.89. The van der Waals surface area contributed by atoms with E-state index in [0.717, 1.165) is 23.1 Å². The SMILES string of the molecule is CC(C)Cc1cc(-c2cc(B3OC(C)(C)C(C)(C)O3)cc(C(C)(C)C)c2)ncc1[Si](C)(C)C. The molecule has 180 valence electrons. The number of nitrogens with zero attached hydrogens (tertiary/aromatic N) is 1. The summed E-state index contributed by atoms with van der Waals surface area (Å²) in [6, 6.07) is 9.10. The molecule has 1 saturated heterocycles. The van der Waals surface area contributed by atoms with Crippen LogP contribution in [0.4, 0.5) is 0 Å². The van der Waals surface area contributed by atoms with Crippen molar-refractivity contribution in [2.24, 2.45) is 5.92 Å². The van der Waals surface area contributed by atoms with Crippen LogP contribution in [-0.4, -0.2) is 31.4 Å². The first-order chi connectivity index (χ1) is 14.9. The average Bonchev–Trinajstić information content (AvgIpc) is 2.86. The van der Waals surface area contributed by atoms with E-state index in [1.54, 1.807) is 0 Å². The smallest absolute Gasteiger partial charge is 0.399 e. The largest absolute Gasteiger partial charge is 0.494 e.